The van der Waals surface area contributed by atoms with Crippen LogP contribution in [-0.4, -0.2) is 48.6 Å². The van der Waals surface area contributed by atoms with Gasteiger partial charge >= 0.3 is 0 Å². The van der Waals surface area contributed by atoms with Gasteiger partial charge in [-0.2, -0.15) is 4.80 Å². The molecule has 4 aromatic rings. The van der Waals surface area contributed by atoms with E-state index in [0.29, 0.717) is 17.9 Å². The third kappa shape index (κ3) is 6.59. The van der Waals surface area contributed by atoms with Gasteiger partial charge < -0.3 is 5.32 Å². The Bertz CT molecular complexity index is 1420. The fourth-order valence-electron chi connectivity index (χ4n) is 4.24. The van der Waals surface area contributed by atoms with E-state index >= 15 is 0 Å². The number of hydrogen-bond donors (Lipinski definition) is 1. The highest BCUT2D eigenvalue weighted by Crippen LogP contribution is 2.26. The van der Waals surface area contributed by atoms with Crippen LogP contribution in [0.15, 0.2) is 60.8 Å². The molecular formula is C29H35N7O2. The molecule has 1 unspecified atom stereocenters. The van der Waals surface area contributed by atoms with Gasteiger partial charge in [-0.05, 0) is 57.4 Å². The first-order valence-electron chi connectivity index (χ1n) is 12.8. The molecule has 0 aliphatic rings. The zero-order chi connectivity index (χ0) is 27.4. The first-order valence-corrected chi connectivity index (χ1v) is 12.8. The number of nitrogens with one attached hydrogen (secondary N) is 1. The highest BCUT2D eigenvalue weighted by molar-refractivity contribution is 6.01. The van der Waals surface area contributed by atoms with Crippen molar-refractivity contribution in [2.45, 2.75) is 66.1 Å². The lowest BCUT2D eigenvalue weighted by Gasteiger charge is -2.34. The minimum absolute atomic E-state index is 0.159. The van der Waals surface area contributed by atoms with Crippen molar-refractivity contribution in [3.05, 3.63) is 66.4 Å². The molecule has 1 N–H and O–H groups in total. The van der Waals surface area contributed by atoms with Crippen molar-refractivity contribution in [1.29, 1.82) is 0 Å². The smallest absolute Gasteiger partial charge is 0.251 e. The molecule has 0 fully saturated rings. The van der Waals surface area contributed by atoms with Gasteiger partial charge in [0.15, 0.2) is 0 Å². The molecule has 9 nitrogen and oxygen atoms in total. The molecule has 2 amide bonds. The summed E-state index contributed by atoms with van der Waals surface area (Å²) in [4.78, 5) is 34.9. The Morgan fingerprint density at radius 2 is 1.76 bits per heavy atom. The Morgan fingerprint density at radius 1 is 1.05 bits per heavy atom. The van der Waals surface area contributed by atoms with Crippen LogP contribution in [0.5, 0.6) is 0 Å². The zero-order valence-corrected chi connectivity index (χ0v) is 22.8. The number of aryl methyl sites for hydroxylation is 1. The molecule has 0 aliphatic carbocycles. The zero-order valence-electron chi connectivity index (χ0n) is 22.8. The van der Waals surface area contributed by atoms with E-state index in [1.54, 1.807) is 6.20 Å². The van der Waals surface area contributed by atoms with Crippen LogP contribution < -0.4 is 10.2 Å². The Labute approximate surface area is 223 Å². The molecule has 9 heteroatoms. The van der Waals surface area contributed by atoms with Gasteiger partial charge in [0.05, 0.1) is 17.4 Å². The lowest BCUT2D eigenvalue weighted by Crippen LogP contribution is -2.55. The van der Waals surface area contributed by atoms with Crippen molar-refractivity contribution in [2.24, 2.45) is 5.92 Å². The number of rotatable bonds is 8. The highest BCUT2D eigenvalue weighted by atomic mass is 16.2. The van der Waals surface area contributed by atoms with Gasteiger partial charge in [0.25, 0.3) is 5.91 Å². The van der Waals surface area contributed by atoms with Crippen LogP contribution in [0.25, 0.3) is 22.3 Å². The molecule has 2 aromatic heterocycles. The van der Waals surface area contributed by atoms with Crippen LogP contribution in [-0.2, 0) is 16.1 Å². The highest BCUT2D eigenvalue weighted by Gasteiger charge is 2.34. The number of tetrazole rings is 1. The summed E-state index contributed by atoms with van der Waals surface area (Å²) >= 11 is 0. The Kier molecular flexibility index (Phi) is 7.85. The van der Waals surface area contributed by atoms with Crippen LogP contribution >= 0.6 is 0 Å². The fraction of sp³-hybridized carbons (Fsp3) is 0.379. The molecule has 4 rings (SSSR count). The number of benzene rings is 2. The Balaban J connectivity index is 1.71. The number of fused-ring (bicyclic) bond motifs is 1. The van der Waals surface area contributed by atoms with E-state index in [0.717, 1.165) is 22.0 Å². The number of anilines is 1. The maximum Gasteiger partial charge on any atom is 0.251 e. The van der Waals surface area contributed by atoms with Crippen LogP contribution in [0.4, 0.5) is 5.69 Å². The van der Waals surface area contributed by atoms with E-state index in [4.69, 9.17) is 0 Å². The van der Waals surface area contributed by atoms with Crippen molar-refractivity contribution >= 4 is 28.4 Å². The van der Waals surface area contributed by atoms with Gasteiger partial charge in [0.2, 0.25) is 11.7 Å². The van der Waals surface area contributed by atoms with E-state index < -0.39 is 11.6 Å². The maximum atomic E-state index is 13.9. The van der Waals surface area contributed by atoms with Crippen molar-refractivity contribution in [1.82, 2.24) is 30.5 Å². The van der Waals surface area contributed by atoms with Crippen LogP contribution in [0.2, 0.25) is 0 Å². The summed E-state index contributed by atoms with van der Waals surface area (Å²) in [5.74, 6) is 0.0391. The summed E-state index contributed by atoms with van der Waals surface area (Å²) in [6.07, 6.45) is 2.12. The molecule has 1 atom stereocenters. The quantitative estimate of drug-likeness (QED) is 0.370. The number of amides is 2. The summed E-state index contributed by atoms with van der Waals surface area (Å²) in [6.45, 7) is 11.7. The first kappa shape index (κ1) is 26.9. The summed E-state index contributed by atoms with van der Waals surface area (Å²) in [6, 6.07) is 16.6. The van der Waals surface area contributed by atoms with Gasteiger partial charge in [-0.3, -0.25) is 19.5 Å². The van der Waals surface area contributed by atoms with Crippen molar-refractivity contribution < 1.29 is 9.59 Å². The lowest BCUT2D eigenvalue weighted by atomic mass is 9.99. The number of carbonyl (C=O) groups is 2. The summed E-state index contributed by atoms with van der Waals surface area (Å²) < 4.78 is 0. The number of aromatic nitrogens is 5. The SMILES string of the molecule is Cc1ccc(-c2nnn(CC(=O)N(c3cnc4ccccc4c3)C(CC(C)C)C(=O)NC(C)(C)C)n2)cc1. The van der Waals surface area contributed by atoms with Crippen molar-refractivity contribution in [3.63, 3.8) is 0 Å². The van der Waals surface area contributed by atoms with Gasteiger partial charge in [0, 0.05) is 16.5 Å². The van der Waals surface area contributed by atoms with E-state index in [9.17, 15) is 9.59 Å². The predicted molar refractivity (Wildman–Crippen MR) is 148 cm³/mol. The minimum atomic E-state index is -0.746. The van der Waals surface area contributed by atoms with Crippen molar-refractivity contribution in [3.8, 4) is 11.4 Å². The van der Waals surface area contributed by atoms with Gasteiger partial charge in [-0.15, -0.1) is 10.2 Å². The molecule has 38 heavy (non-hydrogen) atoms. The molecule has 2 heterocycles. The third-order valence-corrected chi connectivity index (χ3v) is 5.97. The van der Waals surface area contributed by atoms with Crippen molar-refractivity contribution in [2.75, 3.05) is 4.90 Å². The molecule has 2 aromatic carbocycles. The molecule has 198 valence electrons. The Morgan fingerprint density at radius 3 is 2.45 bits per heavy atom. The molecule has 0 saturated carbocycles. The number of hydrogen-bond acceptors (Lipinski definition) is 6. The van der Waals surface area contributed by atoms with E-state index in [1.165, 1.54) is 9.70 Å². The van der Waals surface area contributed by atoms with Crippen LogP contribution in [0, 0.1) is 12.8 Å². The second-order valence-electron chi connectivity index (χ2n) is 11.0. The average molecular weight is 514 g/mol. The maximum absolute atomic E-state index is 13.9. The van der Waals surface area contributed by atoms with Gasteiger partial charge in [-0.1, -0.05) is 61.9 Å². The lowest BCUT2D eigenvalue weighted by molar-refractivity contribution is -0.128. The molecule has 0 spiro atoms. The molecule has 0 bridgehead atoms. The summed E-state index contributed by atoms with van der Waals surface area (Å²) in [5, 5.41) is 16.6. The topological polar surface area (TPSA) is 106 Å². The second kappa shape index (κ2) is 11.1. The standard InChI is InChI=1S/C29H35N7O2/c1-19(2)15-25(28(38)31-29(4,5)6)36(23-16-22-9-7-8-10-24(22)30-17-23)26(37)18-35-33-27(32-34-35)21-13-11-20(3)12-14-21/h7-14,16-17,19,25H,15,18H2,1-6H3,(H,31,38). The molecule has 0 aliphatic heterocycles. The van der Waals surface area contributed by atoms with Crippen LogP contribution in [0.3, 0.4) is 0 Å². The van der Waals surface area contributed by atoms with Crippen LogP contribution in [0.1, 0.15) is 46.6 Å². The summed E-state index contributed by atoms with van der Waals surface area (Å²) in [7, 11) is 0. The first-order chi connectivity index (χ1) is 18.0. The number of carbonyl (C=O) groups excluding carboxylic acids is 2. The Hall–Kier alpha value is -4.14. The molecule has 0 radical (unpaired) electrons. The number of pyridine rings is 1. The number of nitrogens with zero attached hydrogens (tertiary/aromatic N) is 6. The fourth-order valence-corrected chi connectivity index (χ4v) is 4.24. The minimum Gasteiger partial charge on any atom is -0.350 e. The third-order valence-electron chi connectivity index (χ3n) is 5.97. The van der Waals surface area contributed by atoms with E-state index in [1.807, 2.05) is 96.1 Å². The number of para-hydroxylation sites is 1. The predicted octanol–water partition coefficient (Wildman–Crippen LogP) is 4.56. The molecule has 0 saturated heterocycles. The molecular weight excluding hydrogens is 478 g/mol. The summed E-state index contributed by atoms with van der Waals surface area (Å²) in [5.41, 5.74) is 2.83. The van der Waals surface area contributed by atoms with Gasteiger partial charge in [0.1, 0.15) is 12.6 Å². The monoisotopic (exact) mass is 513 g/mol. The van der Waals surface area contributed by atoms with Gasteiger partial charge in [-0.25, -0.2) is 0 Å². The largest absolute Gasteiger partial charge is 0.350 e. The second-order valence-corrected chi connectivity index (χ2v) is 11.0. The normalized spacial score (nSPS) is 12.5. The van der Waals surface area contributed by atoms with E-state index in [-0.39, 0.29) is 24.3 Å². The average Bonchev–Trinajstić information content (AvgIpc) is 3.31. The van der Waals surface area contributed by atoms with E-state index in [2.05, 4.69) is 25.7 Å².